The van der Waals surface area contributed by atoms with Gasteiger partial charge >= 0.3 is 0 Å². The molecule has 0 unspecified atom stereocenters. The van der Waals surface area contributed by atoms with E-state index in [9.17, 15) is 5.26 Å². The van der Waals surface area contributed by atoms with Gasteiger partial charge in [-0.25, -0.2) is 0 Å². The van der Waals surface area contributed by atoms with Crippen LogP contribution in [-0.4, -0.2) is 0 Å². The summed E-state index contributed by atoms with van der Waals surface area (Å²) in [6, 6.07) is 10.5. The minimum absolute atomic E-state index is 0.848. The van der Waals surface area contributed by atoms with Crippen molar-refractivity contribution in [1.29, 1.82) is 5.26 Å². The molecular formula is C15H11NS. The molecule has 1 aliphatic heterocycles. The summed E-state index contributed by atoms with van der Waals surface area (Å²) < 4.78 is 0. The number of rotatable bonds is 0. The maximum Gasteiger partial charge on any atom is 0.100 e. The normalized spacial score (nSPS) is 17.7. The molecule has 0 N–H and O–H groups in total. The van der Waals surface area contributed by atoms with Crippen LogP contribution < -0.4 is 10.4 Å². The topological polar surface area (TPSA) is 23.8 Å². The summed E-state index contributed by atoms with van der Waals surface area (Å²) in [6.45, 7) is 0. The van der Waals surface area contributed by atoms with Crippen LogP contribution in [0.15, 0.2) is 46.9 Å². The second kappa shape index (κ2) is 4.27. The number of fused-ring (bicyclic) bond motifs is 1. The van der Waals surface area contributed by atoms with Gasteiger partial charge in [-0.15, -0.1) is 0 Å². The first-order valence-corrected chi connectivity index (χ1v) is 6.54. The first-order valence-electron chi connectivity index (χ1n) is 5.66. The molecular weight excluding hydrogens is 226 g/mol. The fourth-order valence-corrected chi connectivity index (χ4v) is 3.23. The highest BCUT2D eigenvalue weighted by Gasteiger charge is 2.15. The summed E-state index contributed by atoms with van der Waals surface area (Å²) in [5.41, 5.74) is 2.06. The van der Waals surface area contributed by atoms with Crippen molar-refractivity contribution >= 4 is 22.7 Å². The fourth-order valence-electron chi connectivity index (χ4n) is 2.25. The Morgan fingerprint density at radius 3 is 3.00 bits per heavy atom. The van der Waals surface area contributed by atoms with Gasteiger partial charge in [-0.3, -0.25) is 0 Å². The lowest BCUT2D eigenvalue weighted by atomic mass is 9.95. The zero-order valence-corrected chi connectivity index (χ0v) is 10.1. The average Bonchev–Trinajstić information content (AvgIpc) is 2.55. The van der Waals surface area contributed by atoms with Gasteiger partial charge in [-0.1, -0.05) is 48.2 Å². The first-order chi connectivity index (χ1) is 8.40. The molecule has 1 heterocycles. The van der Waals surface area contributed by atoms with Gasteiger partial charge in [0.25, 0.3) is 0 Å². The van der Waals surface area contributed by atoms with E-state index >= 15 is 0 Å². The van der Waals surface area contributed by atoms with Gasteiger partial charge in [-0.05, 0) is 29.0 Å². The Kier molecular flexibility index (Phi) is 2.62. The molecule has 0 spiro atoms. The lowest BCUT2D eigenvalue weighted by Gasteiger charge is -2.12. The summed E-state index contributed by atoms with van der Waals surface area (Å²) in [7, 11) is 0. The summed E-state index contributed by atoms with van der Waals surface area (Å²) in [6.07, 6.45) is 6.34. The van der Waals surface area contributed by atoms with Crippen molar-refractivity contribution in [3.8, 4) is 6.07 Å². The Labute approximate surface area is 104 Å². The Morgan fingerprint density at radius 1 is 1.24 bits per heavy atom. The highest BCUT2D eigenvalue weighted by molar-refractivity contribution is 8.10. The number of benzene rings is 1. The lowest BCUT2D eigenvalue weighted by molar-refractivity contribution is 0.993. The Morgan fingerprint density at radius 2 is 2.12 bits per heavy atom. The fraction of sp³-hybridized carbons (Fsp3) is 0.133. The summed E-state index contributed by atoms with van der Waals surface area (Å²) in [5, 5.41) is 13.8. The van der Waals surface area contributed by atoms with Crippen LogP contribution in [-0.2, 0) is 0 Å². The summed E-state index contributed by atoms with van der Waals surface area (Å²) in [5.74, 6) is 0. The maximum absolute atomic E-state index is 9.43. The smallest absolute Gasteiger partial charge is 0.100 e. The molecule has 0 radical (unpaired) electrons. The third-order valence-corrected chi connectivity index (χ3v) is 4.09. The van der Waals surface area contributed by atoms with Crippen LogP contribution in [0.1, 0.15) is 12.8 Å². The van der Waals surface area contributed by atoms with Crippen LogP contribution in [0, 0.1) is 11.3 Å². The Balaban J connectivity index is 2.40. The quantitative estimate of drug-likeness (QED) is 0.692. The second-order valence-corrected chi connectivity index (χ2v) is 5.00. The van der Waals surface area contributed by atoms with E-state index in [1.807, 2.05) is 18.2 Å². The number of nitrogens with zero attached hydrogens (tertiary/aromatic N) is 1. The van der Waals surface area contributed by atoms with Gasteiger partial charge in [0.2, 0.25) is 0 Å². The van der Waals surface area contributed by atoms with Crippen molar-refractivity contribution in [2.24, 2.45) is 0 Å². The minimum atomic E-state index is 0.848. The molecule has 0 atom stereocenters. The molecule has 2 aliphatic rings. The molecule has 82 valence electrons. The molecule has 0 amide bonds. The average molecular weight is 237 g/mol. The van der Waals surface area contributed by atoms with E-state index in [0.717, 1.165) is 28.9 Å². The largest absolute Gasteiger partial charge is 0.192 e. The Hall–Kier alpha value is -1.72. The van der Waals surface area contributed by atoms with Gasteiger partial charge in [0, 0.05) is 10.1 Å². The van der Waals surface area contributed by atoms with Crippen molar-refractivity contribution < 1.29 is 0 Å². The van der Waals surface area contributed by atoms with Crippen LogP contribution in [0.3, 0.4) is 0 Å². The zero-order valence-electron chi connectivity index (χ0n) is 9.31. The van der Waals surface area contributed by atoms with Gasteiger partial charge < -0.3 is 0 Å². The minimum Gasteiger partial charge on any atom is -0.192 e. The SMILES string of the molecule is N#CC1=c2ccccc2=CSC2=C1CCC=C2. The number of nitriles is 1. The van der Waals surface area contributed by atoms with E-state index < -0.39 is 0 Å². The molecule has 2 heteroatoms. The van der Waals surface area contributed by atoms with Crippen molar-refractivity contribution in [3.63, 3.8) is 0 Å². The summed E-state index contributed by atoms with van der Waals surface area (Å²) >= 11 is 1.73. The van der Waals surface area contributed by atoms with E-state index in [2.05, 4.69) is 29.7 Å². The Bertz CT molecular complexity index is 686. The molecule has 1 nitrogen and oxygen atoms in total. The summed E-state index contributed by atoms with van der Waals surface area (Å²) in [4.78, 5) is 1.23. The molecule has 0 saturated heterocycles. The predicted octanol–water partition coefficient (Wildman–Crippen LogP) is 2.45. The number of hydrogen-bond donors (Lipinski definition) is 0. The molecule has 1 aromatic carbocycles. The van der Waals surface area contributed by atoms with Crippen molar-refractivity contribution in [2.75, 3.05) is 0 Å². The van der Waals surface area contributed by atoms with Gasteiger partial charge in [-0.2, -0.15) is 5.26 Å². The zero-order chi connectivity index (χ0) is 11.7. The number of allylic oxidation sites excluding steroid dienone is 3. The highest BCUT2D eigenvalue weighted by atomic mass is 32.2. The van der Waals surface area contributed by atoms with Crippen LogP contribution in [0.4, 0.5) is 0 Å². The third kappa shape index (κ3) is 1.73. The van der Waals surface area contributed by atoms with Crippen LogP contribution in [0.2, 0.25) is 0 Å². The van der Waals surface area contributed by atoms with Crippen LogP contribution >= 0.6 is 11.8 Å². The van der Waals surface area contributed by atoms with Gasteiger partial charge in [0.15, 0.2) is 0 Å². The predicted molar refractivity (Wildman–Crippen MR) is 72.2 cm³/mol. The molecule has 17 heavy (non-hydrogen) atoms. The van der Waals surface area contributed by atoms with Crippen LogP contribution in [0.5, 0.6) is 0 Å². The maximum atomic E-state index is 9.43. The molecule has 3 rings (SSSR count). The first kappa shape index (κ1) is 10.4. The van der Waals surface area contributed by atoms with E-state index in [1.54, 1.807) is 11.8 Å². The van der Waals surface area contributed by atoms with E-state index in [0.29, 0.717) is 0 Å². The second-order valence-electron chi connectivity index (χ2n) is 4.09. The standard InChI is InChI=1S/C15H11NS/c16-9-14-12-6-2-1-5-11(12)10-17-15-8-4-3-7-13(14)15/h1-2,4-6,8,10H,3,7H2. The molecule has 0 aromatic heterocycles. The van der Waals surface area contributed by atoms with E-state index in [-0.39, 0.29) is 0 Å². The third-order valence-electron chi connectivity index (χ3n) is 3.08. The molecule has 0 fully saturated rings. The van der Waals surface area contributed by atoms with Gasteiger partial charge in [0.1, 0.15) is 6.07 Å². The molecule has 1 aliphatic carbocycles. The lowest BCUT2D eigenvalue weighted by Crippen LogP contribution is -2.25. The molecule has 0 saturated carbocycles. The van der Waals surface area contributed by atoms with Crippen molar-refractivity contribution in [1.82, 2.24) is 0 Å². The molecule has 0 bridgehead atoms. The number of thioether (sulfide) groups is 1. The van der Waals surface area contributed by atoms with Gasteiger partial charge in [0.05, 0.1) is 5.57 Å². The van der Waals surface area contributed by atoms with Crippen LogP contribution in [0.25, 0.3) is 11.0 Å². The van der Waals surface area contributed by atoms with Crippen molar-refractivity contribution in [3.05, 3.63) is 57.3 Å². The van der Waals surface area contributed by atoms with Crippen molar-refractivity contribution in [2.45, 2.75) is 12.8 Å². The van der Waals surface area contributed by atoms with E-state index in [1.165, 1.54) is 10.5 Å². The van der Waals surface area contributed by atoms with E-state index in [4.69, 9.17) is 0 Å². The number of hydrogen-bond acceptors (Lipinski definition) is 2. The monoisotopic (exact) mass is 237 g/mol. The highest BCUT2D eigenvalue weighted by Crippen LogP contribution is 2.33. The molecule has 1 aromatic rings.